The van der Waals surface area contributed by atoms with Crippen molar-refractivity contribution in [3.8, 4) is 11.5 Å². The number of ketones is 1. The van der Waals surface area contributed by atoms with Crippen LogP contribution < -0.4 is 14.8 Å². The summed E-state index contributed by atoms with van der Waals surface area (Å²) in [4.78, 5) is 11.9. The van der Waals surface area contributed by atoms with Crippen molar-refractivity contribution >= 4 is 21.7 Å². The molecule has 8 heteroatoms. The summed E-state index contributed by atoms with van der Waals surface area (Å²) in [5.41, 5.74) is 0.176. The molecule has 0 unspecified atom stereocenters. The number of hydrogen-bond acceptors (Lipinski definition) is 4. The summed E-state index contributed by atoms with van der Waals surface area (Å²) in [6.07, 6.45) is -4.36. The van der Waals surface area contributed by atoms with E-state index >= 15 is 0 Å². The second-order valence-electron chi connectivity index (χ2n) is 3.80. The van der Waals surface area contributed by atoms with Crippen molar-refractivity contribution in [3.63, 3.8) is 0 Å². The first-order valence-electron chi connectivity index (χ1n) is 5.51. The molecule has 1 aromatic rings. The second kappa shape index (κ2) is 6.94. The number of ether oxygens (including phenoxy) is 2. The third-order valence-electron chi connectivity index (χ3n) is 2.40. The topological polar surface area (TPSA) is 47.6 Å². The number of alkyl halides is 3. The van der Waals surface area contributed by atoms with E-state index in [0.29, 0.717) is 10.2 Å². The van der Waals surface area contributed by atoms with Gasteiger partial charge in [-0.15, -0.1) is 0 Å². The Morgan fingerprint density at radius 1 is 1.30 bits per heavy atom. The maximum atomic E-state index is 12.0. The summed E-state index contributed by atoms with van der Waals surface area (Å²) in [6, 6.07) is 2.98. The molecule has 20 heavy (non-hydrogen) atoms. The van der Waals surface area contributed by atoms with Gasteiger partial charge in [0.25, 0.3) is 0 Å². The average molecular weight is 356 g/mol. The Bertz CT molecular complexity index is 492. The van der Waals surface area contributed by atoms with Gasteiger partial charge >= 0.3 is 6.18 Å². The molecule has 0 spiro atoms. The van der Waals surface area contributed by atoms with Crippen molar-refractivity contribution in [2.45, 2.75) is 6.18 Å². The Morgan fingerprint density at radius 2 is 1.95 bits per heavy atom. The molecule has 0 radical (unpaired) electrons. The van der Waals surface area contributed by atoms with Gasteiger partial charge in [-0.25, -0.2) is 0 Å². The highest BCUT2D eigenvalue weighted by Gasteiger charge is 2.27. The molecule has 0 aromatic heterocycles. The molecular weight excluding hydrogens is 343 g/mol. The molecule has 0 atom stereocenters. The predicted octanol–water partition coefficient (Wildman–Crippen LogP) is 2.80. The lowest BCUT2D eigenvalue weighted by molar-refractivity contribution is -0.124. The van der Waals surface area contributed by atoms with Crippen molar-refractivity contribution in [3.05, 3.63) is 22.2 Å². The fourth-order valence-electron chi connectivity index (χ4n) is 1.53. The van der Waals surface area contributed by atoms with Gasteiger partial charge in [0, 0.05) is 0 Å². The van der Waals surface area contributed by atoms with Crippen LogP contribution in [0.1, 0.15) is 10.4 Å². The molecule has 1 N–H and O–H groups in total. The molecule has 0 bridgehead atoms. The number of halogens is 4. The molecule has 4 nitrogen and oxygen atoms in total. The number of hydrogen-bond donors (Lipinski definition) is 1. The molecule has 1 rings (SSSR count). The van der Waals surface area contributed by atoms with Crippen molar-refractivity contribution in [1.82, 2.24) is 5.32 Å². The van der Waals surface area contributed by atoms with Gasteiger partial charge in [0.1, 0.15) is 16.0 Å². The molecule has 0 fully saturated rings. The third kappa shape index (κ3) is 4.38. The molecule has 0 aliphatic rings. The van der Waals surface area contributed by atoms with Crippen LogP contribution in [0.5, 0.6) is 11.5 Å². The highest BCUT2D eigenvalue weighted by Crippen LogP contribution is 2.37. The standard InChI is InChI=1S/C12H13BrF3NO3/c1-19-9-4-3-7(11(20-2)10(9)13)8(18)5-17-6-12(14,15)16/h3-4,17H,5-6H2,1-2H3. The molecule has 0 heterocycles. The number of carbonyl (C=O) groups is 1. The van der Waals surface area contributed by atoms with Crippen LogP contribution in [0, 0.1) is 0 Å². The highest BCUT2D eigenvalue weighted by atomic mass is 79.9. The smallest absolute Gasteiger partial charge is 0.401 e. The lowest BCUT2D eigenvalue weighted by Gasteiger charge is -2.13. The maximum Gasteiger partial charge on any atom is 0.401 e. The summed E-state index contributed by atoms with van der Waals surface area (Å²) in [5, 5.41) is 2.05. The van der Waals surface area contributed by atoms with E-state index in [0.717, 1.165) is 0 Å². The Morgan fingerprint density at radius 3 is 2.45 bits per heavy atom. The van der Waals surface area contributed by atoms with Gasteiger partial charge in [0.2, 0.25) is 0 Å². The average Bonchev–Trinajstić information content (AvgIpc) is 2.36. The van der Waals surface area contributed by atoms with E-state index in [1.54, 1.807) is 0 Å². The lowest BCUT2D eigenvalue weighted by Crippen LogP contribution is -2.32. The van der Waals surface area contributed by atoms with Crippen LogP contribution in [0.25, 0.3) is 0 Å². The minimum Gasteiger partial charge on any atom is -0.495 e. The first-order chi connectivity index (χ1) is 9.30. The summed E-state index contributed by atoms with van der Waals surface area (Å²) in [6.45, 7) is -1.66. The van der Waals surface area contributed by atoms with Crippen LogP contribution in [0.2, 0.25) is 0 Å². The minimum atomic E-state index is -4.36. The van der Waals surface area contributed by atoms with E-state index in [4.69, 9.17) is 9.47 Å². The lowest BCUT2D eigenvalue weighted by atomic mass is 10.1. The largest absolute Gasteiger partial charge is 0.495 e. The van der Waals surface area contributed by atoms with Gasteiger partial charge in [-0.1, -0.05) is 0 Å². The third-order valence-corrected chi connectivity index (χ3v) is 3.15. The van der Waals surface area contributed by atoms with Crippen LogP contribution in [-0.2, 0) is 0 Å². The van der Waals surface area contributed by atoms with Gasteiger partial charge < -0.3 is 14.8 Å². The van der Waals surface area contributed by atoms with E-state index in [-0.39, 0.29) is 11.3 Å². The zero-order chi connectivity index (χ0) is 15.3. The summed E-state index contributed by atoms with van der Waals surface area (Å²) in [7, 11) is 2.81. The minimum absolute atomic E-state index is 0.176. The van der Waals surface area contributed by atoms with E-state index in [1.165, 1.54) is 26.4 Å². The van der Waals surface area contributed by atoms with Crippen molar-refractivity contribution in [2.75, 3.05) is 27.3 Å². The monoisotopic (exact) mass is 355 g/mol. The first kappa shape index (κ1) is 16.8. The molecule has 0 saturated heterocycles. The quantitative estimate of drug-likeness (QED) is 0.797. The zero-order valence-electron chi connectivity index (χ0n) is 10.8. The van der Waals surface area contributed by atoms with Gasteiger partial charge in [0.15, 0.2) is 5.78 Å². The van der Waals surface area contributed by atoms with Crippen LogP contribution >= 0.6 is 15.9 Å². The van der Waals surface area contributed by atoms with Crippen molar-refractivity contribution < 1.29 is 27.4 Å². The van der Waals surface area contributed by atoms with Gasteiger partial charge in [-0.3, -0.25) is 4.79 Å². The summed E-state index contributed by atoms with van der Waals surface area (Å²) in [5.74, 6) is 0.180. The molecule has 1 aromatic carbocycles. The molecule has 0 saturated carbocycles. The molecule has 0 aliphatic heterocycles. The number of rotatable bonds is 6. The van der Waals surface area contributed by atoms with Gasteiger partial charge in [0.05, 0.1) is 32.9 Å². The number of nitrogens with one attached hydrogen (secondary N) is 1. The van der Waals surface area contributed by atoms with Crippen LogP contribution in [-0.4, -0.2) is 39.3 Å². The Balaban J connectivity index is 2.85. The van der Waals surface area contributed by atoms with Crippen molar-refractivity contribution in [1.29, 1.82) is 0 Å². The number of carbonyl (C=O) groups excluding carboxylic acids is 1. The van der Waals surface area contributed by atoms with E-state index in [2.05, 4.69) is 15.9 Å². The summed E-state index contributed by atoms with van der Waals surface area (Å²) >= 11 is 3.22. The molecular formula is C12H13BrF3NO3. The predicted molar refractivity (Wildman–Crippen MR) is 70.5 cm³/mol. The Labute approximate surface area is 122 Å². The fraction of sp³-hybridized carbons (Fsp3) is 0.417. The first-order valence-corrected chi connectivity index (χ1v) is 6.30. The number of methoxy groups -OCH3 is 2. The summed E-state index contributed by atoms with van der Waals surface area (Å²) < 4.78 is 46.6. The molecule has 112 valence electrons. The van der Waals surface area contributed by atoms with E-state index in [9.17, 15) is 18.0 Å². The highest BCUT2D eigenvalue weighted by molar-refractivity contribution is 9.10. The Hall–Kier alpha value is -1.28. The second-order valence-corrected chi connectivity index (χ2v) is 4.60. The normalized spacial score (nSPS) is 11.3. The Kier molecular flexibility index (Phi) is 5.82. The molecule has 0 amide bonds. The number of Topliss-reactive ketones (excluding diaryl/α,β-unsaturated/α-hetero) is 1. The van der Waals surface area contributed by atoms with Gasteiger partial charge in [-0.2, -0.15) is 13.2 Å². The van der Waals surface area contributed by atoms with Gasteiger partial charge in [-0.05, 0) is 28.1 Å². The van der Waals surface area contributed by atoms with Crippen LogP contribution in [0.15, 0.2) is 16.6 Å². The van der Waals surface area contributed by atoms with E-state index < -0.39 is 25.0 Å². The van der Waals surface area contributed by atoms with E-state index in [1.807, 2.05) is 5.32 Å². The SMILES string of the molecule is COc1ccc(C(=O)CNCC(F)(F)F)c(OC)c1Br. The molecule has 0 aliphatic carbocycles. The van der Waals surface area contributed by atoms with Crippen LogP contribution in [0.3, 0.4) is 0 Å². The zero-order valence-corrected chi connectivity index (χ0v) is 12.4. The fourth-order valence-corrected chi connectivity index (χ4v) is 2.20. The number of benzene rings is 1. The van der Waals surface area contributed by atoms with Crippen LogP contribution in [0.4, 0.5) is 13.2 Å². The van der Waals surface area contributed by atoms with Crippen molar-refractivity contribution in [2.24, 2.45) is 0 Å². The maximum absolute atomic E-state index is 12.0.